The molecule has 0 aromatic rings. The third-order valence-corrected chi connectivity index (χ3v) is 4.55. The predicted octanol–water partition coefficient (Wildman–Crippen LogP) is 3.31. The Morgan fingerprint density at radius 2 is 1.68 bits per heavy atom. The summed E-state index contributed by atoms with van der Waals surface area (Å²) in [6.07, 6.45) is 11.2. The molecule has 1 saturated carbocycles. The molecule has 1 N–H and O–H groups in total. The van der Waals surface area contributed by atoms with Gasteiger partial charge in [0, 0.05) is 34.3 Å². The van der Waals surface area contributed by atoms with Crippen LogP contribution in [0, 0.1) is 0 Å². The van der Waals surface area contributed by atoms with Gasteiger partial charge in [0.15, 0.2) is 0 Å². The molecule has 0 bridgehead atoms. The lowest BCUT2D eigenvalue weighted by Gasteiger charge is -2.25. The average molecular weight is 317 g/mol. The zero-order chi connectivity index (χ0) is 15.9. The summed E-state index contributed by atoms with van der Waals surface area (Å²) in [5.74, 6) is 0. The minimum absolute atomic E-state index is 0. The second kappa shape index (κ2) is 14.4. The fraction of sp³-hybridized carbons (Fsp3) is 1.00. The fourth-order valence-electron chi connectivity index (χ4n) is 3.19. The third-order valence-electron chi connectivity index (χ3n) is 4.55. The lowest BCUT2D eigenvalue weighted by Crippen LogP contribution is -2.33. The lowest BCUT2D eigenvalue weighted by molar-refractivity contribution is 0.105. The van der Waals surface area contributed by atoms with E-state index in [9.17, 15) is 0 Å². The Hall–Kier alpha value is -0.160. The van der Waals surface area contributed by atoms with Crippen molar-refractivity contribution in [3.05, 3.63) is 0 Å². The quantitative estimate of drug-likeness (QED) is 0.697. The Bertz CT molecular complexity index is 209. The molecule has 4 nitrogen and oxygen atoms in total. The van der Waals surface area contributed by atoms with Crippen molar-refractivity contribution in [1.82, 2.24) is 10.2 Å². The zero-order valence-electron chi connectivity index (χ0n) is 14.9. The standard InChI is InChI=1S/2C9H19NO.H2/c1-11-8-7-10-9-5-3-2-4-6-9;1-2-11-9-8-10-6-4-3-5-7-10;/h9-10H,2-8H2,1H3;2-9H2,1H3;1H. The van der Waals surface area contributed by atoms with E-state index in [1.165, 1.54) is 64.5 Å². The second-order valence-electron chi connectivity index (χ2n) is 6.38. The first-order chi connectivity index (χ1) is 10.9. The van der Waals surface area contributed by atoms with E-state index in [0.717, 1.165) is 39.0 Å². The van der Waals surface area contributed by atoms with Crippen LogP contribution in [0.25, 0.3) is 0 Å². The van der Waals surface area contributed by atoms with Crippen molar-refractivity contribution in [2.24, 2.45) is 0 Å². The van der Waals surface area contributed by atoms with Crippen LogP contribution in [0.5, 0.6) is 0 Å². The van der Waals surface area contributed by atoms with E-state index in [4.69, 9.17) is 9.47 Å². The molecule has 0 spiro atoms. The minimum Gasteiger partial charge on any atom is -0.383 e. The van der Waals surface area contributed by atoms with Crippen molar-refractivity contribution in [2.45, 2.75) is 64.3 Å². The van der Waals surface area contributed by atoms with Gasteiger partial charge in [0.25, 0.3) is 0 Å². The van der Waals surface area contributed by atoms with E-state index in [-0.39, 0.29) is 1.43 Å². The van der Waals surface area contributed by atoms with Gasteiger partial charge in [0.2, 0.25) is 0 Å². The van der Waals surface area contributed by atoms with Crippen LogP contribution in [0.15, 0.2) is 0 Å². The molecule has 1 heterocycles. The molecule has 1 saturated heterocycles. The van der Waals surface area contributed by atoms with Crippen LogP contribution in [-0.2, 0) is 9.47 Å². The SMILES string of the molecule is CCOCCN1CCCCC1.COCCNC1CCCCC1.[HH]. The van der Waals surface area contributed by atoms with Gasteiger partial charge in [-0.1, -0.05) is 25.7 Å². The van der Waals surface area contributed by atoms with Gasteiger partial charge < -0.3 is 19.7 Å². The molecule has 22 heavy (non-hydrogen) atoms. The molecular weight excluding hydrogens is 276 g/mol. The second-order valence-corrected chi connectivity index (χ2v) is 6.38. The molecule has 1 aliphatic carbocycles. The Kier molecular flexibility index (Phi) is 13.0. The Morgan fingerprint density at radius 1 is 1.00 bits per heavy atom. The molecule has 2 fully saturated rings. The first-order valence-corrected chi connectivity index (χ1v) is 9.39. The summed E-state index contributed by atoms with van der Waals surface area (Å²) in [6, 6.07) is 0.777. The Balaban J connectivity index is 0.000000403. The van der Waals surface area contributed by atoms with E-state index in [1.807, 2.05) is 0 Å². The first kappa shape index (κ1) is 19.9. The van der Waals surface area contributed by atoms with Gasteiger partial charge in [-0.2, -0.15) is 0 Å². The summed E-state index contributed by atoms with van der Waals surface area (Å²) in [5.41, 5.74) is 0. The van der Waals surface area contributed by atoms with E-state index in [1.54, 1.807) is 7.11 Å². The molecule has 0 unspecified atom stereocenters. The van der Waals surface area contributed by atoms with Gasteiger partial charge in [-0.15, -0.1) is 0 Å². The van der Waals surface area contributed by atoms with Crippen molar-refractivity contribution in [1.29, 1.82) is 0 Å². The van der Waals surface area contributed by atoms with Crippen LogP contribution in [0.4, 0.5) is 0 Å². The molecular formula is C18H40N2O2. The number of nitrogens with zero attached hydrogens (tertiary/aromatic N) is 1. The van der Waals surface area contributed by atoms with Crippen molar-refractivity contribution in [3.8, 4) is 0 Å². The first-order valence-electron chi connectivity index (χ1n) is 9.39. The molecule has 2 rings (SSSR count). The smallest absolute Gasteiger partial charge is 0.0593 e. The largest absolute Gasteiger partial charge is 0.383 e. The number of ether oxygens (including phenoxy) is 2. The van der Waals surface area contributed by atoms with Crippen LogP contribution in [-0.4, -0.2) is 64.1 Å². The molecule has 0 amide bonds. The van der Waals surface area contributed by atoms with Crippen LogP contribution in [0.1, 0.15) is 59.7 Å². The Morgan fingerprint density at radius 3 is 2.32 bits per heavy atom. The highest BCUT2D eigenvalue weighted by Crippen LogP contribution is 2.16. The molecule has 134 valence electrons. The van der Waals surface area contributed by atoms with Crippen LogP contribution in [0.3, 0.4) is 0 Å². The minimum atomic E-state index is 0. The summed E-state index contributed by atoms with van der Waals surface area (Å²) in [4.78, 5) is 2.50. The molecule has 0 aromatic carbocycles. The van der Waals surface area contributed by atoms with Gasteiger partial charge in [0.1, 0.15) is 0 Å². The van der Waals surface area contributed by atoms with E-state index < -0.39 is 0 Å². The molecule has 2 aliphatic rings. The molecule has 0 atom stereocenters. The number of piperidine rings is 1. The predicted molar refractivity (Wildman–Crippen MR) is 95.6 cm³/mol. The summed E-state index contributed by atoms with van der Waals surface area (Å²) >= 11 is 0. The Labute approximate surface area is 139 Å². The summed E-state index contributed by atoms with van der Waals surface area (Å²) in [6.45, 7) is 9.38. The fourth-order valence-corrected chi connectivity index (χ4v) is 3.19. The maximum absolute atomic E-state index is 5.29. The monoisotopic (exact) mass is 316 g/mol. The third kappa shape index (κ3) is 10.5. The topological polar surface area (TPSA) is 33.7 Å². The van der Waals surface area contributed by atoms with Gasteiger partial charge in [-0.05, 0) is 45.7 Å². The van der Waals surface area contributed by atoms with Gasteiger partial charge in [-0.3, -0.25) is 0 Å². The van der Waals surface area contributed by atoms with E-state index in [0.29, 0.717) is 0 Å². The van der Waals surface area contributed by atoms with Crippen LogP contribution < -0.4 is 5.32 Å². The average Bonchev–Trinajstić information content (AvgIpc) is 2.58. The molecule has 0 aromatic heterocycles. The van der Waals surface area contributed by atoms with Crippen LogP contribution >= 0.6 is 0 Å². The number of rotatable bonds is 8. The number of likely N-dealkylation sites (tertiary alicyclic amines) is 1. The van der Waals surface area contributed by atoms with Crippen molar-refractivity contribution in [2.75, 3.05) is 53.1 Å². The van der Waals surface area contributed by atoms with Crippen molar-refractivity contribution >= 4 is 0 Å². The normalized spacial score (nSPS) is 20.5. The van der Waals surface area contributed by atoms with Gasteiger partial charge in [0.05, 0.1) is 13.2 Å². The van der Waals surface area contributed by atoms with E-state index >= 15 is 0 Å². The van der Waals surface area contributed by atoms with Gasteiger partial charge >= 0.3 is 0 Å². The highest BCUT2D eigenvalue weighted by atomic mass is 16.5. The molecule has 0 radical (unpaired) electrons. The van der Waals surface area contributed by atoms with Crippen LogP contribution in [0.2, 0.25) is 0 Å². The zero-order valence-corrected chi connectivity index (χ0v) is 14.9. The number of hydrogen-bond acceptors (Lipinski definition) is 4. The summed E-state index contributed by atoms with van der Waals surface area (Å²) < 4.78 is 10.3. The highest BCUT2D eigenvalue weighted by Gasteiger charge is 2.11. The maximum Gasteiger partial charge on any atom is 0.0593 e. The number of hydrogen-bond donors (Lipinski definition) is 1. The summed E-state index contributed by atoms with van der Waals surface area (Å²) in [5, 5.41) is 3.50. The maximum atomic E-state index is 5.29. The van der Waals surface area contributed by atoms with Crippen molar-refractivity contribution in [3.63, 3.8) is 0 Å². The number of methoxy groups -OCH3 is 1. The molecule has 1 aliphatic heterocycles. The lowest BCUT2D eigenvalue weighted by atomic mass is 9.96. The molecule has 4 heteroatoms. The summed E-state index contributed by atoms with van der Waals surface area (Å²) in [7, 11) is 1.75. The number of nitrogens with one attached hydrogen (secondary N) is 1. The van der Waals surface area contributed by atoms with Gasteiger partial charge in [-0.25, -0.2) is 0 Å². The van der Waals surface area contributed by atoms with E-state index in [2.05, 4.69) is 17.1 Å². The van der Waals surface area contributed by atoms with Crippen molar-refractivity contribution < 1.29 is 10.9 Å². The highest BCUT2D eigenvalue weighted by molar-refractivity contribution is 4.71.